The molecule has 1 aromatic carbocycles. The molecule has 16 heavy (non-hydrogen) atoms. The summed E-state index contributed by atoms with van der Waals surface area (Å²) in [6, 6.07) is 7.68. The fraction of sp³-hybridized carbons (Fsp3) is 0.538. The summed E-state index contributed by atoms with van der Waals surface area (Å²) < 4.78 is 5.38. The molecule has 0 spiro atoms. The van der Waals surface area contributed by atoms with E-state index >= 15 is 0 Å². The Morgan fingerprint density at radius 1 is 1.50 bits per heavy atom. The van der Waals surface area contributed by atoms with Gasteiger partial charge in [-0.2, -0.15) is 0 Å². The van der Waals surface area contributed by atoms with Gasteiger partial charge in [0.05, 0.1) is 12.7 Å². The van der Waals surface area contributed by atoms with Crippen molar-refractivity contribution in [3.63, 3.8) is 0 Å². The summed E-state index contributed by atoms with van der Waals surface area (Å²) in [6.07, 6.45) is 2.45. The molecular formula is C13H17ClO2. The highest BCUT2D eigenvalue weighted by Gasteiger charge is 2.22. The summed E-state index contributed by atoms with van der Waals surface area (Å²) in [5.74, 6) is 0.271. The molecular weight excluding hydrogens is 224 g/mol. The Morgan fingerprint density at radius 2 is 2.38 bits per heavy atom. The third kappa shape index (κ3) is 3.21. The molecule has 2 unspecified atom stereocenters. The molecule has 0 radical (unpaired) electrons. The van der Waals surface area contributed by atoms with E-state index in [2.05, 4.69) is 0 Å². The molecule has 1 fully saturated rings. The van der Waals surface area contributed by atoms with Crippen molar-refractivity contribution in [3.8, 4) is 0 Å². The van der Waals surface area contributed by atoms with Crippen LogP contribution in [-0.2, 0) is 11.2 Å². The molecule has 2 rings (SSSR count). The lowest BCUT2D eigenvalue weighted by atomic mass is 9.91. The first kappa shape index (κ1) is 11.9. The van der Waals surface area contributed by atoms with Gasteiger partial charge in [-0.05, 0) is 37.0 Å². The summed E-state index contributed by atoms with van der Waals surface area (Å²) >= 11 is 5.91. The number of aliphatic hydroxyl groups excluding tert-OH is 1. The summed E-state index contributed by atoms with van der Waals surface area (Å²) in [4.78, 5) is 0. The number of aliphatic hydroxyl groups is 1. The summed E-state index contributed by atoms with van der Waals surface area (Å²) in [6.45, 7) is 1.52. The average molecular weight is 241 g/mol. The molecule has 0 bridgehead atoms. The molecule has 1 aliphatic heterocycles. The van der Waals surface area contributed by atoms with Gasteiger partial charge in [0.25, 0.3) is 0 Å². The Balaban J connectivity index is 1.93. The van der Waals surface area contributed by atoms with Gasteiger partial charge in [0.15, 0.2) is 0 Å². The Bertz CT molecular complexity index is 334. The van der Waals surface area contributed by atoms with Gasteiger partial charge in [-0.15, -0.1) is 0 Å². The number of hydrogen-bond acceptors (Lipinski definition) is 2. The Hall–Kier alpha value is -0.570. The molecule has 3 heteroatoms. The topological polar surface area (TPSA) is 29.5 Å². The van der Waals surface area contributed by atoms with Crippen LogP contribution in [0.5, 0.6) is 0 Å². The number of halogens is 1. The maximum absolute atomic E-state index is 10.1. The van der Waals surface area contributed by atoms with E-state index in [1.54, 1.807) is 0 Å². The van der Waals surface area contributed by atoms with Crippen LogP contribution in [0.3, 0.4) is 0 Å². The van der Waals surface area contributed by atoms with Crippen LogP contribution in [0.1, 0.15) is 18.4 Å². The maximum Gasteiger partial charge on any atom is 0.0630 e. The lowest BCUT2D eigenvalue weighted by molar-refractivity contribution is -0.00846. The summed E-state index contributed by atoms with van der Waals surface area (Å²) in [7, 11) is 0. The first-order valence-electron chi connectivity index (χ1n) is 5.76. The molecule has 1 aliphatic rings. The van der Waals surface area contributed by atoms with E-state index in [1.807, 2.05) is 24.3 Å². The van der Waals surface area contributed by atoms with Crippen molar-refractivity contribution in [1.29, 1.82) is 0 Å². The predicted octanol–water partition coefficient (Wildman–Crippen LogP) is 2.67. The van der Waals surface area contributed by atoms with Crippen LogP contribution in [0.15, 0.2) is 24.3 Å². The largest absolute Gasteiger partial charge is 0.392 e. The third-order valence-electron chi connectivity index (χ3n) is 3.07. The van der Waals surface area contributed by atoms with Crippen LogP contribution < -0.4 is 0 Å². The quantitative estimate of drug-likeness (QED) is 0.880. The first-order valence-corrected chi connectivity index (χ1v) is 6.14. The smallest absolute Gasteiger partial charge is 0.0630 e. The van der Waals surface area contributed by atoms with Crippen molar-refractivity contribution >= 4 is 11.6 Å². The highest BCUT2D eigenvalue weighted by atomic mass is 35.5. The van der Waals surface area contributed by atoms with Gasteiger partial charge < -0.3 is 9.84 Å². The van der Waals surface area contributed by atoms with Crippen LogP contribution in [0.2, 0.25) is 5.02 Å². The minimum atomic E-state index is -0.321. The van der Waals surface area contributed by atoms with Crippen molar-refractivity contribution in [2.75, 3.05) is 13.2 Å². The first-order chi connectivity index (χ1) is 7.75. The zero-order valence-corrected chi connectivity index (χ0v) is 9.99. The second kappa shape index (κ2) is 5.67. The fourth-order valence-electron chi connectivity index (χ4n) is 2.14. The molecule has 0 saturated carbocycles. The van der Waals surface area contributed by atoms with Gasteiger partial charge in [0.1, 0.15) is 0 Å². The van der Waals surface area contributed by atoms with E-state index in [1.165, 1.54) is 0 Å². The van der Waals surface area contributed by atoms with E-state index in [0.29, 0.717) is 13.0 Å². The molecule has 88 valence electrons. The van der Waals surface area contributed by atoms with Gasteiger partial charge in [0.2, 0.25) is 0 Å². The zero-order valence-electron chi connectivity index (χ0n) is 9.23. The molecule has 0 aromatic heterocycles. The van der Waals surface area contributed by atoms with Crippen LogP contribution in [0, 0.1) is 5.92 Å². The summed E-state index contributed by atoms with van der Waals surface area (Å²) in [5.41, 5.74) is 1.09. The molecule has 0 amide bonds. The van der Waals surface area contributed by atoms with Gasteiger partial charge >= 0.3 is 0 Å². The normalized spacial score (nSPS) is 23.0. The van der Waals surface area contributed by atoms with E-state index in [0.717, 1.165) is 30.0 Å². The predicted molar refractivity (Wildman–Crippen MR) is 64.7 cm³/mol. The van der Waals surface area contributed by atoms with Crippen molar-refractivity contribution < 1.29 is 9.84 Å². The molecule has 1 saturated heterocycles. The highest BCUT2D eigenvalue weighted by molar-refractivity contribution is 6.30. The molecule has 2 nitrogen and oxygen atoms in total. The van der Waals surface area contributed by atoms with Gasteiger partial charge in [-0.3, -0.25) is 0 Å². The van der Waals surface area contributed by atoms with Crippen molar-refractivity contribution in [2.45, 2.75) is 25.4 Å². The van der Waals surface area contributed by atoms with E-state index in [9.17, 15) is 5.11 Å². The van der Waals surface area contributed by atoms with Gasteiger partial charge in [-0.25, -0.2) is 0 Å². The number of hydrogen-bond donors (Lipinski definition) is 1. The number of benzene rings is 1. The molecule has 1 aromatic rings. The van der Waals surface area contributed by atoms with E-state index in [-0.39, 0.29) is 12.0 Å². The van der Waals surface area contributed by atoms with Crippen molar-refractivity contribution in [3.05, 3.63) is 34.9 Å². The molecule has 2 atom stereocenters. The minimum Gasteiger partial charge on any atom is -0.392 e. The standard InChI is InChI=1S/C13H17ClO2/c14-12-5-1-3-10(7-12)8-13(15)11-4-2-6-16-9-11/h1,3,5,7,11,13,15H,2,4,6,8-9H2. The molecule has 1 heterocycles. The van der Waals surface area contributed by atoms with Crippen molar-refractivity contribution in [2.24, 2.45) is 5.92 Å². The van der Waals surface area contributed by atoms with E-state index < -0.39 is 0 Å². The Morgan fingerprint density at radius 3 is 3.06 bits per heavy atom. The molecule has 1 N–H and O–H groups in total. The highest BCUT2D eigenvalue weighted by Crippen LogP contribution is 2.21. The maximum atomic E-state index is 10.1. The van der Waals surface area contributed by atoms with E-state index in [4.69, 9.17) is 16.3 Å². The Labute approximate surface area is 101 Å². The second-order valence-electron chi connectivity index (χ2n) is 4.38. The zero-order chi connectivity index (χ0) is 11.4. The lowest BCUT2D eigenvalue weighted by Crippen LogP contribution is -2.30. The van der Waals surface area contributed by atoms with Crippen LogP contribution in [-0.4, -0.2) is 24.4 Å². The second-order valence-corrected chi connectivity index (χ2v) is 4.82. The number of ether oxygens (including phenoxy) is 1. The monoisotopic (exact) mass is 240 g/mol. The molecule has 0 aliphatic carbocycles. The van der Waals surface area contributed by atoms with Crippen LogP contribution in [0.25, 0.3) is 0 Å². The lowest BCUT2D eigenvalue weighted by Gasteiger charge is -2.26. The summed E-state index contributed by atoms with van der Waals surface area (Å²) in [5, 5.41) is 10.8. The minimum absolute atomic E-state index is 0.271. The third-order valence-corrected chi connectivity index (χ3v) is 3.31. The SMILES string of the molecule is OC(Cc1cccc(Cl)c1)C1CCCOC1. The number of rotatable bonds is 3. The van der Waals surface area contributed by atoms with Crippen LogP contribution >= 0.6 is 11.6 Å². The van der Waals surface area contributed by atoms with Crippen LogP contribution in [0.4, 0.5) is 0 Å². The van der Waals surface area contributed by atoms with Crippen molar-refractivity contribution in [1.82, 2.24) is 0 Å². The average Bonchev–Trinajstić information content (AvgIpc) is 2.30. The Kier molecular flexibility index (Phi) is 4.22. The van der Waals surface area contributed by atoms with Gasteiger partial charge in [-0.1, -0.05) is 23.7 Å². The fourth-order valence-corrected chi connectivity index (χ4v) is 2.35. The van der Waals surface area contributed by atoms with Gasteiger partial charge in [0, 0.05) is 17.5 Å².